The molecule has 7 rings (SSSR count). The number of nitrogens with one attached hydrogen (secondary N) is 2. The molecular weight excluding hydrogens is 617 g/mol. The van der Waals surface area contributed by atoms with Crippen molar-refractivity contribution in [1.82, 2.24) is 10.3 Å². The van der Waals surface area contributed by atoms with E-state index in [0.717, 1.165) is 10.6 Å². The van der Waals surface area contributed by atoms with Gasteiger partial charge in [0.25, 0.3) is 11.8 Å². The molecule has 0 radical (unpaired) electrons. The molecule has 0 bridgehead atoms. The van der Waals surface area contributed by atoms with E-state index in [2.05, 4.69) is 10.7 Å². The Hall–Kier alpha value is -4.34. The lowest BCUT2D eigenvalue weighted by atomic mass is 9.49. The van der Waals surface area contributed by atoms with Gasteiger partial charge in [0, 0.05) is 10.9 Å². The number of benzene rings is 3. The third-order valence-corrected chi connectivity index (χ3v) is 10.5. The SMILES string of the molecule is COc1ccc(C23C(=O)N(Nc4ccc(Cl)cc4Cl)C(=O)C2CC2C(=CCC4C(=O)NC(=O)C42)C3c2ccc(O)c(C)c2)cc1. The van der Waals surface area contributed by atoms with Crippen LogP contribution in [0.1, 0.15) is 35.4 Å². The molecule has 2 heterocycles. The number of phenolic OH excluding ortho intramolecular Hbond substituents is 1. The van der Waals surface area contributed by atoms with Gasteiger partial charge in [0.15, 0.2) is 0 Å². The highest BCUT2D eigenvalue weighted by Gasteiger charge is 2.70. The number of anilines is 1. The van der Waals surface area contributed by atoms with Crippen LogP contribution in [0.25, 0.3) is 0 Å². The molecule has 4 aliphatic rings. The number of halogens is 2. The number of methoxy groups -OCH3 is 1. The Labute approximate surface area is 269 Å². The van der Waals surface area contributed by atoms with Gasteiger partial charge in [-0.1, -0.05) is 59.1 Å². The molecule has 2 aliphatic carbocycles. The van der Waals surface area contributed by atoms with Gasteiger partial charge >= 0.3 is 0 Å². The number of allylic oxidation sites excluding steroid dienone is 2. The molecule has 3 fully saturated rings. The lowest BCUT2D eigenvalue weighted by Gasteiger charge is -2.50. The number of hydrogen-bond acceptors (Lipinski definition) is 7. The molecule has 2 aliphatic heterocycles. The van der Waals surface area contributed by atoms with E-state index >= 15 is 4.79 Å². The molecule has 4 amide bonds. The molecule has 2 saturated heterocycles. The van der Waals surface area contributed by atoms with Gasteiger partial charge in [0.2, 0.25) is 11.8 Å². The number of hydrazine groups is 1. The Morgan fingerprint density at radius 1 is 0.978 bits per heavy atom. The molecule has 6 atom stereocenters. The number of hydrogen-bond donors (Lipinski definition) is 3. The Morgan fingerprint density at radius 2 is 1.73 bits per heavy atom. The van der Waals surface area contributed by atoms with Crippen molar-refractivity contribution in [2.45, 2.75) is 31.1 Å². The van der Waals surface area contributed by atoms with Crippen LogP contribution < -0.4 is 15.5 Å². The first-order valence-electron chi connectivity index (χ1n) is 14.6. The molecule has 0 aromatic heterocycles. The average molecular weight is 647 g/mol. The number of fused-ring (bicyclic) bond motifs is 4. The van der Waals surface area contributed by atoms with Gasteiger partial charge in [-0.3, -0.25) is 29.9 Å². The van der Waals surface area contributed by atoms with Gasteiger partial charge in [-0.25, -0.2) is 0 Å². The molecule has 0 spiro atoms. The van der Waals surface area contributed by atoms with E-state index in [1.54, 1.807) is 62.6 Å². The quantitative estimate of drug-likeness (QED) is 0.254. The van der Waals surface area contributed by atoms with Gasteiger partial charge in [-0.15, -0.1) is 0 Å². The van der Waals surface area contributed by atoms with E-state index in [9.17, 15) is 19.5 Å². The van der Waals surface area contributed by atoms with E-state index < -0.39 is 46.8 Å². The van der Waals surface area contributed by atoms with Crippen molar-refractivity contribution in [3.8, 4) is 11.5 Å². The highest BCUT2D eigenvalue weighted by molar-refractivity contribution is 6.36. The van der Waals surface area contributed by atoms with E-state index in [1.807, 2.05) is 12.1 Å². The fourth-order valence-electron chi connectivity index (χ4n) is 7.99. The van der Waals surface area contributed by atoms with Crippen molar-refractivity contribution in [2.24, 2.45) is 23.7 Å². The largest absolute Gasteiger partial charge is 0.508 e. The number of amides is 4. The van der Waals surface area contributed by atoms with Crippen LogP contribution in [0.2, 0.25) is 10.0 Å². The predicted molar refractivity (Wildman–Crippen MR) is 167 cm³/mol. The number of rotatable bonds is 5. The summed E-state index contributed by atoms with van der Waals surface area (Å²) in [7, 11) is 1.55. The summed E-state index contributed by atoms with van der Waals surface area (Å²) in [4.78, 5) is 55.7. The lowest BCUT2D eigenvalue weighted by Crippen LogP contribution is -2.53. The van der Waals surface area contributed by atoms with E-state index in [1.165, 1.54) is 6.07 Å². The highest BCUT2D eigenvalue weighted by atomic mass is 35.5. The van der Waals surface area contributed by atoms with E-state index in [4.69, 9.17) is 27.9 Å². The maximum Gasteiger partial charge on any atom is 0.260 e. The van der Waals surface area contributed by atoms with Crippen LogP contribution in [0.4, 0.5) is 5.69 Å². The summed E-state index contributed by atoms with van der Waals surface area (Å²) in [6.07, 6.45) is 2.47. The summed E-state index contributed by atoms with van der Waals surface area (Å²) in [5, 5.41) is 14.6. The Morgan fingerprint density at radius 3 is 2.42 bits per heavy atom. The monoisotopic (exact) mass is 645 g/mol. The van der Waals surface area contributed by atoms with Crippen molar-refractivity contribution in [3.63, 3.8) is 0 Å². The van der Waals surface area contributed by atoms with Crippen molar-refractivity contribution >= 4 is 52.5 Å². The molecule has 9 nitrogen and oxygen atoms in total. The normalized spacial score (nSPS) is 28.7. The Kier molecular flexibility index (Phi) is 6.94. The smallest absolute Gasteiger partial charge is 0.260 e. The molecule has 1 saturated carbocycles. The molecular formula is C34H29Cl2N3O6. The minimum absolute atomic E-state index is 0.0918. The summed E-state index contributed by atoms with van der Waals surface area (Å²) in [5.41, 5.74) is 4.57. The fourth-order valence-corrected chi connectivity index (χ4v) is 8.44. The molecule has 3 aromatic carbocycles. The summed E-state index contributed by atoms with van der Waals surface area (Å²) in [6.45, 7) is 1.77. The number of nitrogens with zero attached hydrogens (tertiary/aromatic N) is 1. The zero-order valence-electron chi connectivity index (χ0n) is 24.3. The predicted octanol–water partition coefficient (Wildman–Crippen LogP) is 5.29. The number of phenols is 1. The molecule has 11 heteroatoms. The number of carbonyl (C=O) groups is 4. The van der Waals surface area contributed by atoms with Crippen LogP contribution in [0.3, 0.4) is 0 Å². The topological polar surface area (TPSA) is 125 Å². The number of aromatic hydroxyl groups is 1. The minimum Gasteiger partial charge on any atom is -0.508 e. The molecule has 45 heavy (non-hydrogen) atoms. The second-order valence-electron chi connectivity index (χ2n) is 12.1. The molecule has 6 unspecified atom stereocenters. The fraction of sp³-hybridized carbons (Fsp3) is 0.294. The van der Waals surface area contributed by atoms with E-state index in [-0.39, 0.29) is 29.0 Å². The minimum atomic E-state index is -1.45. The summed E-state index contributed by atoms with van der Waals surface area (Å²) in [6, 6.07) is 17.0. The maximum absolute atomic E-state index is 15.1. The van der Waals surface area contributed by atoms with Gasteiger partial charge < -0.3 is 9.84 Å². The first-order chi connectivity index (χ1) is 21.6. The standard InChI is InChI=1S/C34H29Cl2N3O6/c1-16-13-17(3-12-27(16)40)29-21-9-10-22-28(31(42)37-30(22)41)23(21)15-24-32(43)39(38-26-11-6-19(35)14-25(26)36)33(44)34(24,29)18-4-7-20(45-2)8-5-18/h3-9,11-14,22-24,28-29,38,40H,10,15H2,1-2H3,(H,37,41,42). The second-order valence-corrected chi connectivity index (χ2v) is 13.0. The van der Waals surface area contributed by atoms with Crippen molar-refractivity contribution < 1.29 is 29.0 Å². The number of aryl methyl sites for hydroxylation is 1. The van der Waals surface area contributed by atoms with Gasteiger partial charge in [0.05, 0.1) is 41.0 Å². The first kappa shape index (κ1) is 29.4. The highest BCUT2D eigenvalue weighted by Crippen LogP contribution is 2.64. The van der Waals surface area contributed by atoms with Crippen LogP contribution in [0.15, 0.2) is 72.3 Å². The van der Waals surface area contributed by atoms with Crippen LogP contribution in [-0.2, 0) is 24.6 Å². The lowest BCUT2D eigenvalue weighted by molar-refractivity contribution is -0.138. The maximum atomic E-state index is 15.1. The van der Waals surface area contributed by atoms with Crippen LogP contribution in [-0.4, -0.2) is 40.9 Å². The molecule has 3 N–H and O–H groups in total. The van der Waals surface area contributed by atoms with Gasteiger partial charge in [-0.2, -0.15) is 5.01 Å². The van der Waals surface area contributed by atoms with Gasteiger partial charge in [0.1, 0.15) is 11.5 Å². The second kappa shape index (κ2) is 10.6. The third-order valence-electron chi connectivity index (χ3n) is 9.98. The van der Waals surface area contributed by atoms with E-state index in [0.29, 0.717) is 39.6 Å². The third kappa shape index (κ3) is 4.28. The van der Waals surface area contributed by atoms with Crippen molar-refractivity contribution in [2.75, 3.05) is 12.5 Å². The van der Waals surface area contributed by atoms with Crippen LogP contribution in [0, 0.1) is 30.6 Å². The van der Waals surface area contributed by atoms with Crippen molar-refractivity contribution in [1.29, 1.82) is 0 Å². The van der Waals surface area contributed by atoms with Crippen LogP contribution in [0.5, 0.6) is 11.5 Å². The molecule has 3 aromatic rings. The number of ether oxygens (including phenoxy) is 1. The molecule has 230 valence electrons. The zero-order chi connectivity index (χ0) is 31.8. The zero-order valence-corrected chi connectivity index (χ0v) is 25.9. The first-order valence-corrected chi connectivity index (χ1v) is 15.4. The summed E-state index contributed by atoms with van der Waals surface area (Å²) >= 11 is 12.6. The van der Waals surface area contributed by atoms with Gasteiger partial charge in [-0.05, 0) is 78.8 Å². The number of imide groups is 2. The summed E-state index contributed by atoms with van der Waals surface area (Å²) < 4.78 is 5.42. The Bertz CT molecular complexity index is 1820. The van der Waals surface area contributed by atoms with Crippen LogP contribution >= 0.6 is 23.2 Å². The van der Waals surface area contributed by atoms with Crippen molar-refractivity contribution in [3.05, 3.63) is 99.0 Å². The Balaban J connectivity index is 1.48. The summed E-state index contributed by atoms with van der Waals surface area (Å²) in [5.74, 6) is -4.28. The average Bonchev–Trinajstić information content (AvgIpc) is 3.43. The number of carbonyl (C=O) groups excluding carboxylic acids is 4.